The van der Waals surface area contributed by atoms with E-state index in [0.29, 0.717) is 12.3 Å². The highest BCUT2D eigenvalue weighted by atomic mass is 32.2. The van der Waals surface area contributed by atoms with E-state index >= 15 is 0 Å². The first-order chi connectivity index (χ1) is 12.1. The summed E-state index contributed by atoms with van der Waals surface area (Å²) in [4.78, 5) is 38.2. The number of rotatable bonds is 4. The monoisotopic (exact) mass is 358 g/mol. The van der Waals surface area contributed by atoms with Crippen LogP contribution < -0.4 is 10.2 Å². The van der Waals surface area contributed by atoms with Crippen LogP contribution >= 0.6 is 11.8 Å². The van der Waals surface area contributed by atoms with E-state index in [9.17, 15) is 14.4 Å². The molecule has 6 nitrogen and oxygen atoms in total. The second kappa shape index (κ2) is 7.14. The van der Waals surface area contributed by atoms with Crippen LogP contribution in [0.3, 0.4) is 0 Å². The molecule has 2 aliphatic rings. The fourth-order valence-electron chi connectivity index (χ4n) is 2.87. The van der Waals surface area contributed by atoms with Crippen molar-refractivity contribution in [2.45, 2.75) is 30.7 Å². The smallest absolute Gasteiger partial charge is 0.249 e. The number of imide groups is 1. The normalized spacial score (nSPS) is 21.5. The molecule has 1 saturated heterocycles. The summed E-state index contributed by atoms with van der Waals surface area (Å²) in [7, 11) is 0. The molecule has 0 bridgehead atoms. The van der Waals surface area contributed by atoms with Crippen LogP contribution in [-0.2, 0) is 14.4 Å². The van der Waals surface area contributed by atoms with Gasteiger partial charge in [-0.25, -0.2) is 0 Å². The lowest BCUT2D eigenvalue weighted by Crippen LogP contribution is -2.55. The zero-order valence-corrected chi connectivity index (χ0v) is 14.6. The second-order valence-corrected chi connectivity index (χ2v) is 6.64. The minimum absolute atomic E-state index is 0.203. The quantitative estimate of drug-likeness (QED) is 0.661. The fourth-order valence-corrected chi connectivity index (χ4v) is 3.87. The third-order valence-corrected chi connectivity index (χ3v) is 5.15. The Morgan fingerprint density at radius 1 is 1.44 bits per heavy atom. The van der Waals surface area contributed by atoms with Crippen molar-refractivity contribution in [3.05, 3.63) is 42.7 Å². The van der Waals surface area contributed by atoms with Crippen LogP contribution in [0.15, 0.2) is 46.5 Å². The Kier molecular flexibility index (Phi) is 4.94. The number of nitrogens with zero attached hydrogens (tertiary/aromatic N) is 1. The van der Waals surface area contributed by atoms with Gasteiger partial charge in [0.2, 0.25) is 23.6 Å². The minimum atomic E-state index is -0.726. The van der Waals surface area contributed by atoms with E-state index in [0.717, 1.165) is 16.0 Å². The molecule has 1 fully saturated rings. The number of piperidine rings is 1. The van der Waals surface area contributed by atoms with Gasteiger partial charge in [0.15, 0.2) is 0 Å². The lowest BCUT2D eigenvalue weighted by Gasteiger charge is -2.33. The highest BCUT2D eigenvalue weighted by Crippen LogP contribution is 2.43. The van der Waals surface area contributed by atoms with E-state index < -0.39 is 11.9 Å². The molecule has 1 aromatic rings. The summed E-state index contributed by atoms with van der Waals surface area (Å²) >= 11 is 1.38. The number of fused-ring (bicyclic) bond motifs is 1. The van der Waals surface area contributed by atoms with Gasteiger partial charge in [0.25, 0.3) is 0 Å². The predicted molar refractivity (Wildman–Crippen MR) is 96.1 cm³/mol. The van der Waals surface area contributed by atoms with Crippen molar-refractivity contribution < 1.29 is 18.8 Å². The highest BCUT2D eigenvalue weighted by Gasteiger charge is 2.41. The van der Waals surface area contributed by atoms with E-state index in [-0.39, 0.29) is 24.0 Å². The van der Waals surface area contributed by atoms with E-state index in [2.05, 4.69) is 11.9 Å². The molecule has 1 unspecified atom stereocenters. The Labute approximate surface area is 149 Å². The van der Waals surface area contributed by atoms with Crippen LogP contribution in [0.4, 0.5) is 5.88 Å². The molecule has 130 valence electrons. The maximum Gasteiger partial charge on any atom is 0.249 e. The molecule has 2 aliphatic heterocycles. The largest absolute Gasteiger partial charge is 0.446 e. The summed E-state index contributed by atoms with van der Waals surface area (Å²) < 4.78 is 5.67. The van der Waals surface area contributed by atoms with Crippen LogP contribution in [0.1, 0.15) is 25.3 Å². The number of furan rings is 1. The van der Waals surface area contributed by atoms with Crippen LogP contribution in [0.5, 0.6) is 0 Å². The Morgan fingerprint density at radius 2 is 2.24 bits per heavy atom. The highest BCUT2D eigenvalue weighted by molar-refractivity contribution is 8.00. The molecule has 0 spiro atoms. The van der Waals surface area contributed by atoms with Crippen molar-refractivity contribution in [2.75, 3.05) is 10.7 Å². The van der Waals surface area contributed by atoms with Crippen LogP contribution in [0.2, 0.25) is 0 Å². The maximum atomic E-state index is 12.4. The molecule has 1 atom stereocenters. The van der Waals surface area contributed by atoms with Crippen molar-refractivity contribution in [2.24, 2.45) is 0 Å². The molecule has 7 heteroatoms. The number of carbonyl (C=O) groups excluding carboxylic acids is 3. The molecular weight excluding hydrogens is 340 g/mol. The Hall–Kier alpha value is -2.54. The number of allylic oxidation sites excluding steroid dienone is 5. The van der Waals surface area contributed by atoms with Crippen molar-refractivity contribution >= 4 is 40.9 Å². The number of hydrogen-bond donors (Lipinski definition) is 1. The SMILES string of the molecule is C=C/C(=C\C=C/C)c1coc2c1SCC(=O)N2C1CCC(=O)NC1=O. The molecule has 0 aliphatic carbocycles. The molecule has 1 aromatic heterocycles. The standard InChI is InChI=1S/C18H18N2O4S/c1-3-5-6-11(4-2)12-9-24-18-16(12)25-10-15(22)20(18)13-7-8-14(21)19-17(13)23/h3-6,9,13H,2,7-8,10H2,1H3,(H,19,21,23)/b5-3-,11-6+. The van der Waals surface area contributed by atoms with E-state index in [1.54, 1.807) is 12.3 Å². The van der Waals surface area contributed by atoms with Gasteiger partial charge < -0.3 is 4.42 Å². The van der Waals surface area contributed by atoms with Crippen LogP contribution in [0, 0.1) is 0 Å². The van der Waals surface area contributed by atoms with Gasteiger partial charge in [-0.15, -0.1) is 11.8 Å². The topological polar surface area (TPSA) is 79.6 Å². The summed E-state index contributed by atoms with van der Waals surface area (Å²) in [5.74, 6) is -0.410. The average molecular weight is 358 g/mol. The van der Waals surface area contributed by atoms with Gasteiger partial charge in [-0.2, -0.15) is 0 Å². The number of carbonyl (C=O) groups is 3. The summed E-state index contributed by atoms with van der Waals surface area (Å²) in [5, 5.41) is 2.29. The molecule has 3 heterocycles. The first kappa shape index (κ1) is 17.3. The van der Waals surface area contributed by atoms with E-state index in [4.69, 9.17) is 4.42 Å². The third-order valence-electron chi connectivity index (χ3n) is 4.08. The first-order valence-electron chi connectivity index (χ1n) is 7.92. The number of amides is 3. The number of thioether (sulfide) groups is 1. The molecule has 0 aromatic carbocycles. The fraction of sp³-hybridized carbons (Fsp3) is 0.278. The zero-order chi connectivity index (χ0) is 18.0. The molecule has 3 rings (SSSR count). The summed E-state index contributed by atoms with van der Waals surface area (Å²) in [6.07, 6.45) is 9.50. The number of anilines is 1. The Morgan fingerprint density at radius 3 is 2.92 bits per heavy atom. The van der Waals surface area contributed by atoms with Gasteiger partial charge in [0, 0.05) is 12.0 Å². The van der Waals surface area contributed by atoms with Crippen molar-refractivity contribution in [3.8, 4) is 0 Å². The molecule has 3 amide bonds. The van der Waals surface area contributed by atoms with Gasteiger partial charge in [-0.05, 0) is 18.9 Å². The minimum Gasteiger partial charge on any atom is -0.446 e. The van der Waals surface area contributed by atoms with Gasteiger partial charge >= 0.3 is 0 Å². The molecule has 1 N–H and O–H groups in total. The summed E-state index contributed by atoms with van der Waals surface area (Å²) in [5.41, 5.74) is 1.70. The van der Waals surface area contributed by atoms with Gasteiger partial charge in [0.05, 0.1) is 10.6 Å². The Bertz CT molecular complexity index is 806. The molecular formula is C18H18N2O4S. The number of nitrogens with one attached hydrogen (secondary N) is 1. The molecule has 25 heavy (non-hydrogen) atoms. The summed E-state index contributed by atoms with van der Waals surface area (Å²) in [6, 6.07) is -0.726. The average Bonchev–Trinajstić information content (AvgIpc) is 3.01. The van der Waals surface area contributed by atoms with Crippen molar-refractivity contribution in [3.63, 3.8) is 0 Å². The van der Waals surface area contributed by atoms with Crippen LogP contribution in [0.25, 0.3) is 5.57 Å². The van der Waals surface area contributed by atoms with E-state index in [1.807, 2.05) is 25.2 Å². The lowest BCUT2D eigenvalue weighted by atomic mass is 10.0. The van der Waals surface area contributed by atoms with Gasteiger partial charge in [0.1, 0.15) is 12.3 Å². The van der Waals surface area contributed by atoms with Crippen molar-refractivity contribution in [1.82, 2.24) is 5.32 Å². The maximum absolute atomic E-state index is 12.4. The Balaban J connectivity index is 2.00. The zero-order valence-electron chi connectivity index (χ0n) is 13.8. The van der Waals surface area contributed by atoms with Gasteiger partial charge in [-0.1, -0.05) is 30.9 Å². The number of hydrogen-bond acceptors (Lipinski definition) is 5. The molecule has 0 radical (unpaired) electrons. The third kappa shape index (κ3) is 3.19. The predicted octanol–water partition coefficient (Wildman–Crippen LogP) is 2.67. The van der Waals surface area contributed by atoms with Gasteiger partial charge in [-0.3, -0.25) is 24.6 Å². The molecule has 0 saturated carbocycles. The van der Waals surface area contributed by atoms with Crippen molar-refractivity contribution in [1.29, 1.82) is 0 Å². The van der Waals surface area contributed by atoms with E-state index in [1.165, 1.54) is 16.7 Å². The lowest BCUT2D eigenvalue weighted by molar-refractivity contribution is -0.135. The van der Waals surface area contributed by atoms with Crippen LogP contribution in [-0.4, -0.2) is 29.5 Å². The first-order valence-corrected chi connectivity index (χ1v) is 8.91. The summed E-state index contributed by atoms with van der Waals surface area (Å²) in [6.45, 7) is 5.74. The second-order valence-electron chi connectivity index (χ2n) is 5.65.